The molecule has 0 aliphatic heterocycles. The Morgan fingerprint density at radius 3 is 2.28 bits per heavy atom. The molecular formula is C9H11F2N3O4. The number of nitro benzene ring substituents is 1. The van der Waals surface area contributed by atoms with Crippen LogP contribution in [0.25, 0.3) is 0 Å². The predicted octanol–water partition coefficient (Wildman–Crippen LogP) is 1.19. The van der Waals surface area contributed by atoms with E-state index in [0.29, 0.717) is 6.07 Å². The lowest BCUT2D eigenvalue weighted by atomic mass is 10.1. The number of benzene rings is 1. The van der Waals surface area contributed by atoms with Crippen molar-refractivity contribution >= 4 is 17.3 Å². The fraction of sp³-hybridized carbons (Fsp3) is 0.222. The van der Waals surface area contributed by atoms with Crippen molar-refractivity contribution < 1.29 is 23.6 Å². The average Bonchev–Trinajstić information content (AvgIpc) is 2.33. The number of carbonyl (C=O) groups is 1. The van der Waals surface area contributed by atoms with E-state index in [1.54, 1.807) is 0 Å². The highest BCUT2D eigenvalue weighted by molar-refractivity contribution is 5.90. The van der Waals surface area contributed by atoms with Crippen molar-refractivity contribution in [3.05, 3.63) is 33.4 Å². The summed E-state index contributed by atoms with van der Waals surface area (Å²) >= 11 is 0. The number of halogens is 2. The van der Waals surface area contributed by atoms with E-state index < -0.39 is 39.5 Å². The van der Waals surface area contributed by atoms with Crippen LogP contribution in [0.2, 0.25) is 0 Å². The smallest absolute Gasteiger partial charge is 0.339 e. The van der Waals surface area contributed by atoms with Gasteiger partial charge in [0.25, 0.3) is 5.69 Å². The average molecular weight is 263 g/mol. The Balaban J connectivity index is 0.00000137. The van der Waals surface area contributed by atoms with Gasteiger partial charge in [0.05, 0.1) is 4.92 Å². The number of nitrogens with one attached hydrogen (secondary N) is 1. The summed E-state index contributed by atoms with van der Waals surface area (Å²) in [5.74, 6) is -5.00. The van der Waals surface area contributed by atoms with Crippen LogP contribution in [-0.2, 0) is 0 Å². The molecule has 4 N–H and O–H groups in total. The Morgan fingerprint density at radius 2 is 1.94 bits per heavy atom. The Hall–Kier alpha value is -2.29. The van der Waals surface area contributed by atoms with Crippen LogP contribution in [0, 0.1) is 21.7 Å². The molecule has 0 saturated heterocycles. The third kappa shape index (κ3) is 2.88. The van der Waals surface area contributed by atoms with E-state index in [0.717, 1.165) is 7.05 Å². The molecular weight excluding hydrogens is 252 g/mol. The minimum atomic E-state index is -1.78. The number of aromatic carboxylic acids is 1. The second-order valence-corrected chi connectivity index (χ2v) is 2.76. The third-order valence-electron chi connectivity index (χ3n) is 1.86. The van der Waals surface area contributed by atoms with Crippen molar-refractivity contribution in [2.45, 2.75) is 0 Å². The Morgan fingerprint density at radius 1 is 1.44 bits per heavy atom. The van der Waals surface area contributed by atoms with Crippen LogP contribution in [0.5, 0.6) is 0 Å². The van der Waals surface area contributed by atoms with E-state index >= 15 is 0 Å². The molecule has 1 rings (SSSR count). The molecule has 1 aromatic carbocycles. The summed E-state index contributed by atoms with van der Waals surface area (Å²) in [6.45, 7) is 0. The van der Waals surface area contributed by atoms with Gasteiger partial charge in [0, 0.05) is 13.1 Å². The van der Waals surface area contributed by atoms with Crippen molar-refractivity contribution in [1.29, 1.82) is 0 Å². The lowest BCUT2D eigenvalue weighted by Crippen LogP contribution is -2.08. The van der Waals surface area contributed by atoms with E-state index in [1.807, 2.05) is 0 Å². The zero-order valence-electron chi connectivity index (χ0n) is 9.53. The first kappa shape index (κ1) is 15.7. The SMILES string of the molecule is CN.CNc1c([N+](=O)[O-])cc(C(=O)O)c(F)c1F. The molecule has 0 spiro atoms. The number of rotatable bonds is 3. The minimum Gasteiger partial charge on any atom is -0.478 e. The lowest BCUT2D eigenvalue weighted by Gasteiger charge is -2.06. The Labute approximate surface area is 100 Å². The Bertz CT molecular complexity index is 479. The van der Waals surface area contributed by atoms with Crippen molar-refractivity contribution in [2.24, 2.45) is 5.73 Å². The fourth-order valence-electron chi connectivity index (χ4n) is 1.15. The van der Waals surface area contributed by atoms with Gasteiger partial charge in [-0.2, -0.15) is 0 Å². The van der Waals surface area contributed by atoms with Crippen LogP contribution in [0.15, 0.2) is 6.07 Å². The standard InChI is InChI=1S/C8H6F2N2O4.CH5N/c1-11-7-4(12(15)16)2-3(8(13)14)5(9)6(7)10;1-2/h2,11H,1H3,(H,13,14);2H2,1H3. The maximum absolute atomic E-state index is 13.2. The highest BCUT2D eigenvalue weighted by Gasteiger charge is 2.27. The number of anilines is 1. The van der Waals surface area contributed by atoms with Gasteiger partial charge in [-0.3, -0.25) is 10.1 Å². The largest absolute Gasteiger partial charge is 0.478 e. The monoisotopic (exact) mass is 263 g/mol. The van der Waals surface area contributed by atoms with Crippen LogP contribution >= 0.6 is 0 Å². The van der Waals surface area contributed by atoms with Crippen molar-refractivity contribution in [1.82, 2.24) is 0 Å². The van der Waals surface area contributed by atoms with E-state index in [-0.39, 0.29) is 0 Å². The highest BCUT2D eigenvalue weighted by Crippen LogP contribution is 2.31. The second-order valence-electron chi connectivity index (χ2n) is 2.76. The van der Waals surface area contributed by atoms with Crippen molar-refractivity contribution in [3.63, 3.8) is 0 Å². The molecule has 9 heteroatoms. The quantitative estimate of drug-likeness (QED) is 0.556. The highest BCUT2D eigenvalue weighted by atomic mass is 19.2. The van der Waals surface area contributed by atoms with Crippen LogP contribution in [0.3, 0.4) is 0 Å². The van der Waals surface area contributed by atoms with Gasteiger partial charge in [-0.1, -0.05) is 0 Å². The number of nitrogens with zero attached hydrogens (tertiary/aromatic N) is 1. The number of carboxylic acid groups (broad SMARTS) is 1. The number of hydrogen-bond acceptors (Lipinski definition) is 5. The number of hydrogen-bond donors (Lipinski definition) is 3. The summed E-state index contributed by atoms with van der Waals surface area (Å²) in [5, 5.41) is 21.1. The molecule has 0 atom stereocenters. The van der Waals surface area contributed by atoms with Gasteiger partial charge in [-0.15, -0.1) is 0 Å². The van der Waals surface area contributed by atoms with Gasteiger partial charge < -0.3 is 16.2 Å². The molecule has 0 unspecified atom stereocenters. The summed E-state index contributed by atoms with van der Waals surface area (Å²) in [4.78, 5) is 20.0. The molecule has 0 bridgehead atoms. The maximum Gasteiger partial charge on any atom is 0.339 e. The lowest BCUT2D eigenvalue weighted by molar-refractivity contribution is -0.384. The first-order chi connectivity index (χ1) is 8.40. The van der Waals surface area contributed by atoms with Crippen LogP contribution in [0.4, 0.5) is 20.2 Å². The minimum absolute atomic E-state index is 0.465. The van der Waals surface area contributed by atoms with Gasteiger partial charge >= 0.3 is 5.97 Å². The van der Waals surface area contributed by atoms with Gasteiger partial charge in [0.1, 0.15) is 5.56 Å². The molecule has 0 saturated carbocycles. The summed E-state index contributed by atoms with van der Waals surface area (Å²) < 4.78 is 26.4. The molecule has 0 radical (unpaired) electrons. The summed E-state index contributed by atoms with van der Waals surface area (Å²) in [6.07, 6.45) is 0. The van der Waals surface area contributed by atoms with E-state index in [1.165, 1.54) is 7.05 Å². The molecule has 7 nitrogen and oxygen atoms in total. The first-order valence-electron chi connectivity index (χ1n) is 4.55. The predicted molar refractivity (Wildman–Crippen MR) is 59.6 cm³/mol. The van der Waals surface area contributed by atoms with Crippen LogP contribution in [0.1, 0.15) is 10.4 Å². The summed E-state index contributed by atoms with van der Waals surface area (Å²) in [7, 11) is 2.66. The summed E-state index contributed by atoms with van der Waals surface area (Å²) in [6, 6.07) is 0.465. The van der Waals surface area contributed by atoms with Gasteiger partial charge in [-0.05, 0) is 7.05 Å². The first-order valence-corrected chi connectivity index (χ1v) is 4.55. The fourth-order valence-corrected chi connectivity index (χ4v) is 1.15. The molecule has 0 heterocycles. The van der Waals surface area contributed by atoms with Gasteiger partial charge in [0.15, 0.2) is 17.3 Å². The molecule has 0 amide bonds. The number of nitro groups is 1. The van der Waals surface area contributed by atoms with E-state index in [2.05, 4.69) is 11.1 Å². The van der Waals surface area contributed by atoms with Crippen molar-refractivity contribution in [3.8, 4) is 0 Å². The van der Waals surface area contributed by atoms with Crippen LogP contribution in [-0.4, -0.2) is 30.1 Å². The third-order valence-corrected chi connectivity index (χ3v) is 1.86. The normalized spacial score (nSPS) is 9.17. The van der Waals surface area contributed by atoms with Crippen LogP contribution < -0.4 is 11.1 Å². The molecule has 0 fully saturated rings. The van der Waals surface area contributed by atoms with Gasteiger partial charge in [-0.25, -0.2) is 13.6 Å². The van der Waals surface area contributed by atoms with E-state index in [4.69, 9.17) is 5.11 Å². The molecule has 0 aromatic heterocycles. The molecule has 1 aromatic rings. The Kier molecular flexibility index (Phi) is 5.63. The molecule has 100 valence electrons. The number of carboxylic acids is 1. The second kappa shape index (κ2) is 6.45. The van der Waals surface area contributed by atoms with Crippen molar-refractivity contribution in [2.75, 3.05) is 19.4 Å². The molecule has 18 heavy (non-hydrogen) atoms. The maximum atomic E-state index is 13.2. The topological polar surface area (TPSA) is 118 Å². The molecule has 0 aliphatic carbocycles. The zero-order valence-corrected chi connectivity index (χ0v) is 9.53. The zero-order chi connectivity index (χ0) is 14.5. The van der Waals surface area contributed by atoms with Gasteiger partial charge in [0.2, 0.25) is 0 Å². The number of nitrogens with two attached hydrogens (primary N) is 1. The van der Waals surface area contributed by atoms with E-state index in [9.17, 15) is 23.7 Å². The molecule has 0 aliphatic rings. The summed E-state index contributed by atoms with van der Waals surface area (Å²) in [5.41, 5.74) is 1.90.